The van der Waals surface area contributed by atoms with Crippen molar-refractivity contribution in [2.75, 3.05) is 20.5 Å². The van der Waals surface area contributed by atoms with Crippen molar-refractivity contribution in [2.45, 2.75) is 69.8 Å². The van der Waals surface area contributed by atoms with Crippen molar-refractivity contribution < 1.29 is 38.0 Å². The summed E-state index contributed by atoms with van der Waals surface area (Å²) in [5.41, 5.74) is 0. The third kappa shape index (κ3) is 3.38. The van der Waals surface area contributed by atoms with E-state index in [0.717, 1.165) is 0 Å². The first-order chi connectivity index (χ1) is 10.7. The molecule has 1 spiro atoms. The van der Waals surface area contributed by atoms with Crippen LogP contribution in [0.3, 0.4) is 0 Å². The second kappa shape index (κ2) is 5.65. The van der Waals surface area contributed by atoms with E-state index in [1.807, 2.05) is 0 Å². The molecule has 0 aromatic rings. The maximum Gasteiger partial charge on any atom is 0.340 e. The molecule has 0 saturated carbocycles. The van der Waals surface area contributed by atoms with E-state index < -0.39 is 41.6 Å². The van der Waals surface area contributed by atoms with Crippen LogP contribution in [0.15, 0.2) is 0 Å². The molecule has 0 aromatic heterocycles. The van der Waals surface area contributed by atoms with Gasteiger partial charge in [0.25, 0.3) is 0 Å². The Balaban J connectivity index is 1.86. The van der Waals surface area contributed by atoms with Gasteiger partial charge in [0.15, 0.2) is 17.7 Å². The topological polar surface area (TPSA) is 81.7 Å². The first kappa shape index (κ1) is 17.1. The Morgan fingerprint density at radius 3 is 2.52 bits per heavy atom. The molecule has 3 aliphatic heterocycles. The van der Waals surface area contributed by atoms with Gasteiger partial charge in [0, 0.05) is 13.5 Å². The second-order valence-corrected chi connectivity index (χ2v) is 6.96. The van der Waals surface area contributed by atoms with Crippen LogP contribution in [-0.2, 0) is 38.0 Å². The van der Waals surface area contributed by atoms with E-state index in [1.54, 1.807) is 27.7 Å². The second-order valence-electron chi connectivity index (χ2n) is 6.96. The number of esters is 1. The van der Waals surface area contributed by atoms with Crippen molar-refractivity contribution in [1.82, 2.24) is 0 Å². The molecule has 3 heterocycles. The van der Waals surface area contributed by atoms with Crippen molar-refractivity contribution >= 4 is 5.97 Å². The summed E-state index contributed by atoms with van der Waals surface area (Å²) < 4.78 is 39.3. The Morgan fingerprint density at radius 2 is 1.91 bits per heavy atom. The molecule has 0 radical (unpaired) electrons. The van der Waals surface area contributed by atoms with Gasteiger partial charge in [-0.05, 0) is 27.7 Å². The van der Waals surface area contributed by atoms with Gasteiger partial charge in [-0.2, -0.15) is 0 Å². The largest absolute Gasteiger partial charge is 0.428 e. The lowest BCUT2D eigenvalue weighted by atomic mass is 10.0. The molecule has 0 aliphatic carbocycles. The normalized spacial score (nSPS) is 41.6. The number of rotatable bonds is 3. The quantitative estimate of drug-likeness (QED) is 0.557. The van der Waals surface area contributed by atoms with Crippen LogP contribution < -0.4 is 0 Å². The molecule has 0 bridgehead atoms. The first-order valence-corrected chi connectivity index (χ1v) is 7.69. The van der Waals surface area contributed by atoms with Gasteiger partial charge in [0.05, 0.1) is 6.10 Å². The van der Waals surface area contributed by atoms with E-state index in [2.05, 4.69) is 0 Å². The highest BCUT2D eigenvalue weighted by Crippen LogP contribution is 2.43. The van der Waals surface area contributed by atoms with Crippen molar-refractivity contribution in [3.05, 3.63) is 0 Å². The standard InChI is InChI=1S/C15H24O8/c1-13(2)19-7-15(23-13)6-9(18-8-17-5)10-11(12(16)22-15)21-14(3,4)20-10/h9-11H,6-8H2,1-5H3/t9-,10-,11-,15+/m1/s1. The number of methoxy groups -OCH3 is 1. The smallest absolute Gasteiger partial charge is 0.340 e. The van der Waals surface area contributed by atoms with Crippen LogP contribution in [0.1, 0.15) is 34.1 Å². The van der Waals surface area contributed by atoms with Crippen LogP contribution in [0.5, 0.6) is 0 Å². The van der Waals surface area contributed by atoms with Gasteiger partial charge < -0.3 is 33.2 Å². The SMILES string of the molecule is COCO[C@@H]1C[C@]2(COC(C)(C)O2)OC(=O)[C@@H]2OC(C)(C)O[C@H]12. The third-order valence-electron chi connectivity index (χ3n) is 4.00. The van der Waals surface area contributed by atoms with Crippen LogP contribution in [0, 0.1) is 0 Å². The molecule has 132 valence electrons. The zero-order chi connectivity index (χ0) is 16.9. The van der Waals surface area contributed by atoms with Gasteiger partial charge in [0.2, 0.25) is 5.79 Å². The fourth-order valence-electron chi connectivity index (χ4n) is 3.20. The van der Waals surface area contributed by atoms with Crippen LogP contribution >= 0.6 is 0 Å². The van der Waals surface area contributed by atoms with Gasteiger partial charge >= 0.3 is 5.97 Å². The van der Waals surface area contributed by atoms with Crippen molar-refractivity contribution in [3.63, 3.8) is 0 Å². The summed E-state index contributed by atoms with van der Waals surface area (Å²) in [5, 5.41) is 0. The van der Waals surface area contributed by atoms with E-state index in [9.17, 15) is 4.79 Å². The predicted octanol–water partition coefficient (Wildman–Crippen LogP) is 0.922. The monoisotopic (exact) mass is 332 g/mol. The van der Waals surface area contributed by atoms with Gasteiger partial charge in [-0.25, -0.2) is 4.79 Å². The number of fused-ring (bicyclic) bond motifs is 1. The summed E-state index contributed by atoms with van der Waals surface area (Å²) in [6.45, 7) is 7.21. The van der Waals surface area contributed by atoms with Crippen LogP contribution in [0.2, 0.25) is 0 Å². The number of hydrogen-bond acceptors (Lipinski definition) is 8. The Morgan fingerprint density at radius 1 is 1.17 bits per heavy atom. The molecule has 8 heteroatoms. The van der Waals surface area contributed by atoms with E-state index >= 15 is 0 Å². The number of carbonyl (C=O) groups is 1. The van der Waals surface area contributed by atoms with E-state index in [1.165, 1.54) is 7.11 Å². The van der Waals surface area contributed by atoms with E-state index in [-0.39, 0.29) is 19.8 Å². The van der Waals surface area contributed by atoms with E-state index in [4.69, 9.17) is 33.2 Å². The Bertz CT molecular complexity index is 476. The molecule has 3 fully saturated rings. The minimum atomic E-state index is -1.21. The van der Waals surface area contributed by atoms with Crippen molar-refractivity contribution in [2.24, 2.45) is 0 Å². The highest BCUT2D eigenvalue weighted by atomic mass is 16.9. The minimum absolute atomic E-state index is 0.0617. The average molecular weight is 332 g/mol. The Kier molecular flexibility index (Phi) is 4.19. The Hall–Kier alpha value is -0.770. The van der Waals surface area contributed by atoms with Crippen LogP contribution in [0.25, 0.3) is 0 Å². The third-order valence-corrected chi connectivity index (χ3v) is 4.00. The molecule has 3 saturated heterocycles. The zero-order valence-electron chi connectivity index (χ0n) is 14.1. The molecule has 4 atom stereocenters. The average Bonchev–Trinajstić information content (AvgIpc) is 2.88. The lowest BCUT2D eigenvalue weighted by Gasteiger charge is -2.31. The number of hydrogen-bond donors (Lipinski definition) is 0. The molecule has 0 N–H and O–H groups in total. The fourth-order valence-corrected chi connectivity index (χ4v) is 3.20. The summed E-state index contributed by atoms with van der Waals surface area (Å²) in [7, 11) is 1.53. The maximum absolute atomic E-state index is 12.5. The molecule has 0 unspecified atom stereocenters. The number of ether oxygens (including phenoxy) is 7. The molecular formula is C15H24O8. The number of carbonyl (C=O) groups excluding carboxylic acids is 1. The fraction of sp³-hybridized carbons (Fsp3) is 0.933. The summed E-state index contributed by atoms with van der Waals surface area (Å²) in [6.07, 6.45) is -1.70. The highest BCUT2D eigenvalue weighted by Gasteiger charge is 2.60. The lowest BCUT2D eigenvalue weighted by Crippen LogP contribution is -2.43. The molecule has 0 aromatic carbocycles. The lowest BCUT2D eigenvalue weighted by molar-refractivity contribution is -0.263. The van der Waals surface area contributed by atoms with Crippen LogP contribution in [-0.4, -0.2) is 62.2 Å². The summed E-state index contributed by atoms with van der Waals surface area (Å²) >= 11 is 0. The maximum atomic E-state index is 12.5. The highest BCUT2D eigenvalue weighted by molar-refractivity contribution is 5.76. The minimum Gasteiger partial charge on any atom is -0.428 e. The summed E-state index contributed by atoms with van der Waals surface area (Å²) in [5.74, 6) is -3.47. The van der Waals surface area contributed by atoms with Gasteiger partial charge in [-0.15, -0.1) is 0 Å². The predicted molar refractivity (Wildman–Crippen MR) is 75.1 cm³/mol. The zero-order valence-corrected chi connectivity index (χ0v) is 14.1. The van der Waals surface area contributed by atoms with Gasteiger partial charge in [0.1, 0.15) is 19.5 Å². The van der Waals surface area contributed by atoms with Crippen LogP contribution in [0.4, 0.5) is 0 Å². The molecule has 0 amide bonds. The van der Waals surface area contributed by atoms with Crippen molar-refractivity contribution in [3.8, 4) is 0 Å². The molecular weight excluding hydrogens is 308 g/mol. The molecule has 8 nitrogen and oxygen atoms in total. The van der Waals surface area contributed by atoms with Crippen molar-refractivity contribution in [1.29, 1.82) is 0 Å². The van der Waals surface area contributed by atoms with Gasteiger partial charge in [-0.1, -0.05) is 0 Å². The summed E-state index contributed by atoms with van der Waals surface area (Å²) in [4.78, 5) is 12.5. The molecule has 3 aliphatic rings. The summed E-state index contributed by atoms with van der Waals surface area (Å²) in [6, 6.07) is 0. The van der Waals surface area contributed by atoms with Gasteiger partial charge in [-0.3, -0.25) is 0 Å². The van der Waals surface area contributed by atoms with E-state index in [0.29, 0.717) is 0 Å². The Labute approximate surface area is 135 Å². The molecule has 23 heavy (non-hydrogen) atoms. The first-order valence-electron chi connectivity index (χ1n) is 7.69. The molecule has 3 rings (SSSR count).